The Bertz CT molecular complexity index is 1140. The highest BCUT2D eigenvalue weighted by atomic mass is 79.9. The first kappa shape index (κ1) is 24.4. The molecule has 0 spiro atoms. The van der Waals surface area contributed by atoms with Gasteiger partial charge in [0.15, 0.2) is 0 Å². The van der Waals surface area contributed by atoms with Crippen LogP contribution in [0.1, 0.15) is 34.2 Å². The standard InChI is InChI=1S/C10H10BrClN4.C10H10BrFN4/c2*1-6-7(5-16(2)15-6)3-9-13-4-8(11)10(12)14-9/h2*4-5H,3H2,1-2H3. The van der Waals surface area contributed by atoms with Gasteiger partial charge in [0, 0.05) is 62.9 Å². The van der Waals surface area contributed by atoms with E-state index in [1.165, 1.54) is 6.20 Å². The molecule has 4 aromatic rings. The third-order valence-corrected chi connectivity index (χ3v) is 6.06. The van der Waals surface area contributed by atoms with Gasteiger partial charge in [-0.05, 0) is 45.7 Å². The summed E-state index contributed by atoms with van der Waals surface area (Å²) in [6.07, 6.45) is 8.07. The molecule has 0 radical (unpaired) electrons. The van der Waals surface area contributed by atoms with Crippen molar-refractivity contribution in [3.63, 3.8) is 0 Å². The molecule has 0 saturated heterocycles. The smallest absolute Gasteiger partial charge is 0.230 e. The Labute approximate surface area is 206 Å². The first-order valence-electron chi connectivity index (χ1n) is 9.44. The summed E-state index contributed by atoms with van der Waals surface area (Å²) in [5, 5.41) is 8.91. The second-order valence-electron chi connectivity index (χ2n) is 7.03. The Morgan fingerprint density at radius 2 is 1.31 bits per heavy atom. The molecule has 0 atom stereocenters. The fraction of sp³-hybridized carbons (Fsp3) is 0.300. The molecule has 0 aromatic carbocycles. The van der Waals surface area contributed by atoms with Crippen molar-refractivity contribution < 1.29 is 4.39 Å². The molecule has 168 valence electrons. The zero-order valence-electron chi connectivity index (χ0n) is 17.8. The number of nitrogens with zero attached hydrogens (tertiary/aromatic N) is 8. The zero-order valence-corrected chi connectivity index (χ0v) is 21.7. The van der Waals surface area contributed by atoms with Crippen LogP contribution < -0.4 is 0 Å². The Balaban J connectivity index is 0.000000181. The van der Waals surface area contributed by atoms with Crippen LogP contribution in [0, 0.1) is 19.8 Å². The lowest BCUT2D eigenvalue weighted by Crippen LogP contribution is -1.99. The summed E-state index contributed by atoms with van der Waals surface area (Å²) in [6, 6.07) is 0. The number of rotatable bonds is 4. The van der Waals surface area contributed by atoms with E-state index in [1.54, 1.807) is 15.6 Å². The number of hydrogen-bond donors (Lipinski definition) is 0. The molecule has 0 aliphatic carbocycles. The van der Waals surface area contributed by atoms with Gasteiger partial charge in [-0.3, -0.25) is 9.36 Å². The molecule has 4 heterocycles. The van der Waals surface area contributed by atoms with Crippen LogP contribution in [0.2, 0.25) is 5.15 Å². The van der Waals surface area contributed by atoms with Crippen molar-refractivity contribution in [3.8, 4) is 0 Å². The quantitative estimate of drug-likeness (QED) is 0.327. The molecule has 12 heteroatoms. The molecular weight excluding hydrogens is 567 g/mol. The van der Waals surface area contributed by atoms with Crippen LogP contribution in [-0.2, 0) is 26.9 Å². The molecule has 0 amide bonds. The van der Waals surface area contributed by atoms with Crippen molar-refractivity contribution in [2.24, 2.45) is 14.1 Å². The van der Waals surface area contributed by atoms with E-state index in [9.17, 15) is 4.39 Å². The van der Waals surface area contributed by atoms with Gasteiger partial charge in [-0.15, -0.1) is 0 Å². The van der Waals surface area contributed by atoms with Crippen LogP contribution in [0.5, 0.6) is 0 Å². The zero-order chi connectivity index (χ0) is 23.4. The maximum Gasteiger partial charge on any atom is 0.230 e. The molecular formula is C20H20Br2ClFN8. The van der Waals surface area contributed by atoms with Gasteiger partial charge in [0.2, 0.25) is 5.95 Å². The van der Waals surface area contributed by atoms with E-state index in [0.717, 1.165) is 22.5 Å². The summed E-state index contributed by atoms with van der Waals surface area (Å²) >= 11 is 12.2. The van der Waals surface area contributed by atoms with E-state index in [2.05, 4.69) is 62.0 Å². The van der Waals surface area contributed by atoms with E-state index in [0.29, 0.717) is 34.1 Å². The molecule has 0 aliphatic heterocycles. The predicted molar refractivity (Wildman–Crippen MR) is 126 cm³/mol. The monoisotopic (exact) mass is 584 g/mol. The summed E-state index contributed by atoms with van der Waals surface area (Å²) in [7, 11) is 3.74. The van der Waals surface area contributed by atoms with Crippen molar-refractivity contribution in [3.05, 3.63) is 79.0 Å². The number of hydrogen-bond acceptors (Lipinski definition) is 6. The van der Waals surface area contributed by atoms with Gasteiger partial charge in [-0.2, -0.15) is 14.6 Å². The van der Waals surface area contributed by atoms with Gasteiger partial charge in [0.05, 0.1) is 20.3 Å². The third kappa shape index (κ3) is 6.39. The number of halogens is 4. The van der Waals surface area contributed by atoms with Gasteiger partial charge in [-0.25, -0.2) is 19.9 Å². The van der Waals surface area contributed by atoms with Crippen molar-refractivity contribution >= 4 is 43.5 Å². The lowest BCUT2D eigenvalue weighted by atomic mass is 10.2. The van der Waals surface area contributed by atoms with Crippen LogP contribution in [0.3, 0.4) is 0 Å². The number of aromatic nitrogens is 8. The average Bonchev–Trinajstić information content (AvgIpc) is 3.21. The minimum absolute atomic E-state index is 0.277. The highest BCUT2D eigenvalue weighted by Gasteiger charge is 2.09. The Morgan fingerprint density at radius 1 is 0.844 bits per heavy atom. The molecule has 8 nitrogen and oxygen atoms in total. The van der Waals surface area contributed by atoms with E-state index in [1.807, 2.05) is 40.3 Å². The van der Waals surface area contributed by atoms with Gasteiger partial charge in [-0.1, -0.05) is 11.6 Å². The fourth-order valence-corrected chi connectivity index (χ4v) is 3.44. The summed E-state index contributed by atoms with van der Waals surface area (Å²) in [5.41, 5.74) is 4.02. The van der Waals surface area contributed by atoms with E-state index >= 15 is 0 Å². The molecule has 4 aromatic heterocycles. The minimum Gasteiger partial charge on any atom is -0.275 e. The SMILES string of the molecule is Cc1nn(C)cc1Cc1ncc(Br)c(Cl)n1.Cc1nn(C)cc1Cc1ncc(Br)c(F)n1. The van der Waals surface area contributed by atoms with Gasteiger partial charge < -0.3 is 0 Å². The van der Waals surface area contributed by atoms with Crippen LogP contribution in [0.25, 0.3) is 0 Å². The normalized spacial score (nSPS) is 10.8. The second kappa shape index (κ2) is 10.6. The largest absolute Gasteiger partial charge is 0.275 e. The lowest BCUT2D eigenvalue weighted by molar-refractivity contribution is 0.564. The molecule has 0 fully saturated rings. The maximum atomic E-state index is 13.2. The lowest BCUT2D eigenvalue weighted by Gasteiger charge is -2.00. The molecule has 0 saturated carbocycles. The Kier molecular flexibility index (Phi) is 8.07. The molecule has 4 rings (SSSR count). The van der Waals surface area contributed by atoms with Gasteiger partial charge in [0.1, 0.15) is 16.8 Å². The minimum atomic E-state index is -0.536. The molecule has 0 bridgehead atoms. The van der Waals surface area contributed by atoms with E-state index in [-0.39, 0.29) is 4.47 Å². The highest BCUT2D eigenvalue weighted by Crippen LogP contribution is 2.19. The molecule has 32 heavy (non-hydrogen) atoms. The van der Waals surface area contributed by atoms with E-state index < -0.39 is 5.95 Å². The fourth-order valence-electron chi connectivity index (χ4n) is 2.92. The van der Waals surface area contributed by atoms with Crippen molar-refractivity contribution in [1.29, 1.82) is 0 Å². The van der Waals surface area contributed by atoms with Gasteiger partial charge >= 0.3 is 0 Å². The van der Waals surface area contributed by atoms with Crippen LogP contribution in [0.15, 0.2) is 33.7 Å². The van der Waals surface area contributed by atoms with Crippen molar-refractivity contribution in [1.82, 2.24) is 39.5 Å². The van der Waals surface area contributed by atoms with Crippen LogP contribution in [0.4, 0.5) is 4.39 Å². The number of aryl methyl sites for hydroxylation is 4. The maximum absolute atomic E-state index is 13.2. The topological polar surface area (TPSA) is 87.2 Å². The Hall–Kier alpha value is -2.24. The molecule has 0 N–H and O–H groups in total. The van der Waals surface area contributed by atoms with E-state index in [4.69, 9.17) is 11.6 Å². The van der Waals surface area contributed by atoms with Crippen LogP contribution in [-0.4, -0.2) is 39.5 Å². The van der Waals surface area contributed by atoms with Gasteiger partial charge in [0.25, 0.3) is 0 Å². The average molecular weight is 587 g/mol. The Morgan fingerprint density at radius 3 is 1.72 bits per heavy atom. The van der Waals surface area contributed by atoms with Crippen LogP contribution >= 0.6 is 43.5 Å². The van der Waals surface area contributed by atoms with Crippen molar-refractivity contribution in [2.75, 3.05) is 0 Å². The van der Waals surface area contributed by atoms with Crippen molar-refractivity contribution in [2.45, 2.75) is 26.7 Å². The molecule has 0 unspecified atom stereocenters. The summed E-state index contributed by atoms with van der Waals surface area (Å²) in [5.74, 6) is 0.618. The third-order valence-electron chi connectivity index (χ3n) is 4.43. The highest BCUT2D eigenvalue weighted by molar-refractivity contribution is 9.10. The first-order valence-corrected chi connectivity index (χ1v) is 11.4. The summed E-state index contributed by atoms with van der Waals surface area (Å²) < 4.78 is 17.7. The molecule has 0 aliphatic rings. The summed E-state index contributed by atoms with van der Waals surface area (Å²) in [4.78, 5) is 16.2. The first-order chi connectivity index (χ1) is 15.1. The second-order valence-corrected chi connectivity index (χ2v) is 9.10. The predicted octanol–water partition coefficient (Wildman–Crippen LogP) is 4.54. The summed E-state index contributed by atoms with van der Waals surface area (Å²) in [6.45, 7) is 3.88.